The third kappa shape index (κ3) is 2.32. The van der Waals surface area contributed by atoms with Crippen LogP contribution >= 0.6 is 0 Å². The lowest BCUT2D eigenvalue weighted by Crippen LogP contribution is -2.20. The molecule has 0 bridgehead atoms. The molecule has 5 heteroatoms. The molecule has 24 heavy (non-hydrogen) atoms. The lowest BCUT2D eigenvalue weighted by atomic mass is 10.0. The number of nitrogens with zero attached hydrogens (tertiary/aromatic N) is 1. The number of nitrogens with one attached hydrogen (secondary N) is 2. The summed E-state index contributed by atoms with van der Waals surface area (Å²) in [4.78, 5) is 28.8. The number of amides is 2. The molecule has 2 aromatic carbocycles. The fraction of sp³-hybridized carbons (Fsp3) is 0. The Balaban J connectivity index is 1.67. The summed E-state index contributed by atoms with van der Waals surface area (Å²) in [5.74, 6) is 0.438. The number of fused-ring (bicyclic) bond motifs is 3. The molecule has 0 atom stereocenters. The molecule has 0 unspecified atom stereocenters. The number of ketones is 1. The minimum atomic E-state index is -0.404. The zero-order valence-corrected chi connectivity index (χ0v) is 12.6. The van der Waals surface area contributed by atoms with Crippen molar-refractivity contribution in [3.8, 4) is 11.1 Å². The molecule has 2 N–H and O–H groups in total. The zero-order chi connectivity index (χ0) is 16.5. The number of anilines is 2. The van der Waals surface area contributed by atoms with E-state index in [1.807, 2.05) is 18.2 Å². The second-order valence-electron chi connectivity index (χ2n) is 5.40. The van der Waals surface area contributed by atoms with Gasteiger partial charge in [-0.1, -0.05) is 42.5 Å². The predicted molar refractivity (Wildman–Crippen MR) is 92.2 cm³/mol. The monoisotopic (exact) mass is 315 g/mol. The van der Waals surface area contributed by atoms with Crippen molar-refractivity contribution in [3.05, 3.63) is 78.0 Å². The molecule has 2 amide bonds. The first-order chi connectivity index (χ1) is 11.7. The van der Waals surface area contributed by atoms with Crippen molar-refractivity contribution in [2.45, 2.75) is 0 Å². The third-order valence-electron chi connectivity index (χ3n) is 3.90. The molecule has 116 valence electrons. The van der Waals surface area contributed by atoms with Crippen LogP contribution in [0, 0.1) is 0 Å². The van der Waals surface area contributed by atoms with E-state index in [1.54, 1.807) is 48.7 Å². The van der Waals surface area contributed by atoms with Crippen LogP contribution in [0.5, 0.6) is 0 Å². The van der Waals surface area contributed by atoms with Crippen LogP contribution in [-0.2, 0) is 0 Å². The normalized spacial score (nSPS) is 11.6. The number of rotatable bonds is 2. The summed E-state index contributed by atoms with van der Waals surface area (Å²) >= 11 is 0. The van der Waals surface area contributed by atoms with Gasteiger partial charge in [0.2, 0.25) is 0 Å². The van der Waals surface area contributed by atoms with E-state index in [1.165, 1.54) is 0 Å². The molecule has 1 heterocycles. The lowest BCUT2D eigenvalue weighted by molar-refractivity contribution is 0.104. The Kier molecular flexibility index (Phi) is 3.31. The first-order valence-corrected chi connectivity index (χ1v) is 7.50. The van der Waals surface area contributed by atoms with Crippen molar-refractivity contribution < 1.29 is 9.59 Å². The van der Waals surface area contributed by atoms with E-state index in [0.717, 1.165) is 11.1 Å². The Bertz CT molecular complexity index is 952. The molecule has 3 aromatic rings. The third-order valence-corrected chi connectivity index (χ3v) is 3.90. The molecule has 0 saturated carbocycles. The molecule has 0 aliphatic heterocycles. The summed E-state index contributed by atoms with van der Waals surface area (Å²) in [5.41, 5.74) is 3.46. The van der Waals surface area contributed by atoms with Gasteiger partial charge in [-0.2, -0.15) is 0 Å². The van der Waals surface area contributed by atoms with Crippen LogP contribution in [0.25, 0.3) is 11.1 Å². The van der Waals surface area contributed by atoms with E-state index in [2.05, 4.69) is 15.6 Å². The minimum absolute atomic E-state index is 0.0191. The Morgan fingerprint density at radius 1 is 0.792 bits per heavy atom. The van der Waals surface area contributed by atoms with Crippen LogP contribution in [0.4, 0.5) is 16.3 Å². The quantitative estimate of drug-likeness (QED) is 0.588. The summed E-state index contributed by atoms with van der Waals surface area (Å²) in [6.07, 6.45) is 1.60. The number of carbonyl (C=O) groups is 2. The molecule has 4 rings (SSSR count). The van der Waals surface area contributed by atoms with E-state index in [0.29, 0.717) is 22.6 Å². The molecule has 1 aliphatic rings. The van der Waals surface area contributed by atoms with Gasteiger partial charge in [-0.05, 0) is 23.8 Å². The van der Waals surface area contributed by atoms with Gasteiger partial charge in [-0.25, -0.2) is 9.78 Å². The van der Waals surface area contributed by atoms with Gasteiger partial charge in [-0.15, -0.1) is 0 Å². The van der Waals surface area contributed by atoms with Crippen molar-refractivity contribution in [3.63, 3.8) is 0 Å². The standard InChI is InChI=1S/C19H13N3O2/c23-18-13-7-2-1-6-12(13)17-14(18)8-5-9-15(17)21-19(24)22-16-10-3-4-11-20-16/h1-11H,(H2,20,21,22,24). The van der Waals surface area contributed by atoms with Gasteiger partial charge >= 0.3 is 6.03 Å². The summed E-state index contributed by atoms with van der Waals surface area (Å²) in [7, 11) is 0. The van der Waals surface area contributed by atoms with Gasteiger partial charge in [0.25, 0.3) is 0 Å². The molecular formula is C19H13N3O2. The molecule has 1 aromatic heterocycles. The fourth-order valence-electron chi connectivity index (χ4n) is 2.89. The van der Waals surface area contributed by atoms with Gasteiger partial charge < -0.3 is 5.32 Å². The highest BCUT2D eigenvalue weighted by atomic mass is 16.2. The van der Waals surface area contributed by atoms with Crippen LogP contribution in [0.1, 0.15) is 15.9 Å². The highest BCUT2D eigenvalue weighted by Gasteiger charge is 2.28. The second-order valence-corrected chi connectivity index (χ2v) is 5.40. The van der Waals surface area contributed by atoms with E-state index in [4.69, 9.17) is 0 Å². The van der Waals surface area contributed by atoms with E-state index < -0.39 is 6.03 Å². The molecule has 5 nitrogen and oxygen atoms in total. The summed E-state index contributed by atoms with van der Waals surface area (Å²) in [5, 5.41) is 5.48. The largest absolute Gasteiger partial charge is 0.324 e. The van der Waals surface area contributed by atoms with Gasteiger partial charge in [-0.3, -0.25) is 10.1 Å². The number of hydrogen-bond donors (Lipinski definition) is 2. The maximum atomic E-state index is 12.5. The van der Waals surface area contributed by atoms with Crippen LogP contribution in [0.2, 0.25) is 0 Å². The van der Waals surface area contributed by atoms with Gasteiger partial charge in [0.1, 0.15) is 5.82 Å². The average Bonchev–Trinajstić information content (AvgIpc) is 2.90. The van der Waals surface area contributed by atoms with Gasteiger partial charge in [0.05, 0.1) is 5.69 Å². The molecule has 0 saturated heterocycles. The summed E-state index contributed by atoms with van der Waals surface area (Å²) in [6.45, 7) is 0. The summed E-state index contributed by atoms with van der Waals surface area (Å²) < 4.78 is 0. The van der Waals surface area contributed by atoms with Crippen LogP contribution in [0.3, 0.4) is 0 Å². The fourth-order valence-corrected chi connectivity index (χ4v) is 2.89. The minimum Gasteiger partial charge on any atom is -0.307 e. The topological polar surface area (TPSA) is 71.1 Å². The number of aromatic nitrogens is 1. The SMILES string of the molecule is O=C(Nc1ccccn1)Nc1cccc2c1-c1ccccc1C2=O. The van der Waals surface area contributed by atoms with E-state index in [9.17, 15) is 9.59 Å². The Hall–Kier alpha value is -3.47. The smallest absolute Gasteiger partial charge is 0.307 e. The van der Waals surface area contributed by atoms with Crippen molar-refractivity contribution in [2.24, 2.45) is 0 Å². The first-order valence-electron chi connectivity index (χ1n) is 7.50. The molecule has 0 radical (unpaired) electrons. The number of pyridine rings is 1. The predicted octanol–water partition coefficient (Wildman–Crippen LogP) is 3.94. The number of urea groups is 1. The Morgan fingerprint density at radius 2 is 1.54 bits per heavy atom. The van der Waals surface area contributed by atoms with Crippen molar-refractivity contribution in [1.29, 1.82) is 0 Å². The summed E-state index contributed by atoms with van der Waals surface area (Å²) in [6, 6.07) is 17.6. The number of hydrogen-bond acceptors (Lipinski definition) is 3. The highest BCUT2D eigenvalue weighted by Crippen LogP contribution is 2.41. The molecule has 0 fully saturated rings. The molecular weight excluding hydrogens is 302 g/mol. The Labute approximate surface area is 138 Å². The zero-order valence-electron chi connectivity index (χ0n) is 12.6. The highest BCUT2D eigenvalue weighted by molar-refractivity contribution is 6.24. The number of carbonyl (C=O) groups excluding carboxylic acids is 2. The molecule has 0 spiro atoms. The lowest BCUT2D eigenvalue weighted by Gasteiger charge is -2.11. The van der Waals surface area contributed by atoms with Gasteiger partial charge in [0, 0.05) is 22.9 Å². The van der Waals surface area contributed by atoms with Crippen molar-refractivity contribution in [2.75, 3.05) is 10.6 Å². The maximum absolute atomic E-state index is 12.5. The van der Waals surface area contributed by atoms with Crippen LogP contribution in [0.15, 0.2) is 66.9 Å². The van der Waals surface area contributed by atoms with E-state index in [-0.39, 0.29) is 5.78 Å². The van der Waals surface area contributed by atoms with Crippen LogP contribution < -0.4 is 10.6 Å². The second kappa shape index (κ2) is 5.62. The Morgan fingerprint density at radius 3 is 2.33 bits per heavy atom. The van der Waals surface area contributed by atoms with Crippen molar-refractivity contribution in [1.82, 2.24) is 4.98 Å². The average molecular weight is 315 g/mol. The first kappa shape index (κ1) is 14.1. The number of benzene rings is 2. The van der Waals surface area contributed by atoms with Crippen LogP contribution in [-0.4, -0.2) is 16.8 Å². The van der Waals surface area contributed by atoms with E-state index >= 15 is 0 Å². The van der Waals surface area contributed by atoms with Gasteiger partial charge in [0.15, 0.2) is 5.78 Å². The van der Waals surface area contributed by atoms with Crippen molar-refractivity contribution >= 4 is 23.3 Å². The maximum Gasteiger partial charge on any atom is 0.324 e. The molecule has 1 aliphatic carbocycles.